The first kappa shape index (κ1) is 38.5. The summed E-state index contributed by atoms with van der Waals surface area (Å²) in [5.41, 5.74) is 6.92. The van der Waals surface area contributed by atoms with Gasteiger partial charge in [-0.1, -0.05) is 66.2 Å². The van der Waals surface area contributed by atoms with E-state index in [1.807, 2.05) is 45.0 Å². The molecule has 1 aliphatic rings. The van der Waals surface area contributed by atoms with Crippen LogP contribution >= 0.6 is 0 Å². The molecule has 1 unspecified atom stereocenters. The summed E-state index contributed by atoms with van der Waals surface area (Å²) in [5, 5.41) is 16.6. The number of hydrogen-bond donors (Lipinski definition) is 8. The van der Waals surface area contributed by atoms with Crippen LogP contribution in [0.2, 0.25) is 0 Å². The van der Waals surface area contributed by atoms with Gasteiger partial charge in [-0.25, -0.2) is 0 Å². The number of fused-ring (bicyclic) bond motifs is 1. The number of nitrogens with two attached hydrogens (primary N) is 1. The van der Waals surface area contributed by atoms with Crippen molar-refractivity contribution in [1.82, 2.24) is 36.9 Å². The third-order valence-corrected chi connectivity index (χ3v) is 8.59. The Morgan fingerprint density at radius 2 is 1.39 bits per heavy atom. The average Bonchev–Trinajstić information content (AvgIpc) is 3.44. The van der Waals surface area contributed by atoms with Gasteiger partial charge in [-0.3, -0.25) is 33.6 Å². The van der Waals surface area contributed by atoms with E-state index in [0.29, 0.717) is 6.42 Å². The van der Waals surface area contributed by atoms with E-state index in [4.69, 9.17) is 5.73 Å². The Bertz CT molecular complexity index is 1540. The van der Waals surface area contributed by atoms with Crippen molar-refractivity contribution in [3.63, 3.8) is 0 Å². The molecular weight excluding hydrogens is 632 g/mol. The second kappa shape index (κ2) is 17.4. The fraction of sp³-hybridized carbons (Fsp3) is 0.559. The van der Waals surface area contributed by atoms with Crippen molar-refractivity contribution in [3.05, 3.63) is 36.0 Å². The molecule has 0 spiro atoms. The minimum Gasteiger partial charge on any atom is -0.370 e. The molecule has 15 nitrogen and oxygen atoms in total. The molecule has 1 fully saturated rings. The summed E-state index contributed by atoms with van der Waals surface area (Å²) in [7, 11) is 0. The van der Waals surface area contributed by atoms with Crippen LogP contribution in [0.5, 0.6) is 0 Å². The van der Waals surface area contributed by atoms with Crippen LogP contribution in [0.1, 0.15) is 66.4 Å². The van der Waals surface area contributed by atoms with E-state index < -0.39 is 96.4 Å². The molecule has 49 heavy (non-hydrogen) atoms. The van der Waals surface area contributed by atoms with E-state index in [1.54, 1.807) is 27.0 Å². The lowest BCUT2D eigenvalue weighted by Crippen LogP contribution is -2.62. The molecule has 2 aromatic rings. The fourth-order valence-corrected chi connectivity index (χ4v) is 5.65. The molecule has 15 heteroatoms. The minimum atomic E-state index is -1.46. The minimum absolute atomic E-state index is 0.0380. The van der Waals surface area contributed by atoms with Crippen molar-refractivity contribution in [2.75, 3.05) is 6.54 Å². The Morgan fingerprint density at radius 3 is 2.02 bits per heavy atom. The van der Waals surface area contributed by atoms with E-state index >= 15 is 0 Å². The monoisotopic (exact) mass is 682 g/mol. The van der Waals surface area contributed by atoms with Gasteiger partial charge in [0.1, 0.15) is 30.2 Å². The molecule has 0 radical (unpaired) electrons. The summed E-state index contributed by atoms with van der Waals surface area (Å²) >= 11 is 0. The molecule has 1 saturated heterocycles. The van der Waals surface area contributed by atoms with Gasteiger partial charge < -0.3 is 42.6 Å². The van der Waals surface area contributed by atoms with Crippen molar-refractivity contribution in [2.45, 2.75) is 97.4 Å². The third-order valence-electron chi connectivity index (χ3n) is 8.59. The highest BCUT2D eigenvalue weighted by molar-refractivity contribution is 5.99. The number of carbonyl (C=O) groups is 7. The van der Waals surface area contributed by atoms with Gasteiger partial charge >= 0.3 is 0 Å². The fourth-order valence-electron chi connectivity index (χ4n) is 5.65. The molecule has 0 bridgehead atoms. The molecule has 0 aliphatic carbocycles. The Balaban J connectivity index is 2.04. The van der Waals surface area contributed by atoms with Gasteiger partial charge in [-0.2, -0.15) is 0 Å². The number of hydrogen-bond acceptors (Lipinski definition) is 7. The quantitative estimate of drug-likeness (QED) is 0.179. The molecule has 2 heterocycles. The summed E-state index contributed by atoms with van der Waals surface area (Å²) in [6.45, 7) is 10.2. The summed E-state index contributed by atoms with van der Waals surface area (Å²) < 4.78 is 0. The Hall–Kier alpha value is -4.95. The van der Waals surface area contributed by atoms with Gasteiger partial charge in [0, 0.05) is 23.5 Å². The van der Waals surface area contributed by atoms with Crippen molar-refractivity contribution in [3.8, 4) is 0 Å². The number of H-pyrrole nitrogens is 1. The lowest BCUT2D eigenvalue weighted by atomic mass is 9.95. The summed E-state index contributed by atoms with van der Waals surface area (Å²) in [5.74, 6) is -5.98. The lowest BCUT2D eigenvalue weighted by Gasteiger charge is -2.31. The standard InChI is InChI=1S/C34H50N8O7/c1-7-19(6)29-34(49)40-25(14-26(35)43)30(45)37-16-27(44)38-24(13-20-15-36-22-11-9-8-10-21(20)22)31(46)39-23(12-17(2)3)32(47)41-28(18(4)5)33(48)42-29/h8-11,15,17-19,23-25,28-29,36H,7,12-14,16H2,1-6H3,(H2,35,43)(H,37,45)(H,38,44)(H,39,46)(H,40,49)(H,41,47)(H,42,48)/t19?,23-,24-,25-,28+,29-/m0/s1. The van der Waals surface area contributed by atoms with Crippen LogP contribution < -0.4 is 37.6 Å². The predicted octanol–water partition coefficient (Wildman–Crippen LogP) is -0.112. The molecule has 1 aromatic carbocycles. The van der Waals surface area contributed by atoms with Crippen LogP contribution in [0.3, 0.4) is 0 Å². The number of nitrogens with one attached hydrogen (secondary N) is 7. The Morgan fingerprint density at radius 1 is 0.776 bits per heavy atom. The van der Waals surface area contributed by atoms with Gasteiger partial charge in [0.15, 0.2) is 0 Å². The largest absolute Gasteiger partial charge is 0.370 e. The Labute approximate surface area is 286 Å². The van der Waals surface area contributed by atoms with Crippen LogP contribution in [-0.2, 0) is 40.0 Å². The molecule has 7 amide bonds. The van der Waals surface area contributed by atoms with Crippen LogP contribution in [0.4, 0.5) is 0 Å². The number of rotatable bonds is 9. The van der Waals surface area contributed by atoms with E-state index in [0.717, 1.165) is 16.5 Å². The summed E-state index contributed by atoms with van der Waals surface area (Å²) in [6.07, 6.45) is 1.89. The van der Waals surface area contributed by atoms with E-state index in [-0.39, 0.29) is 18.8 Å². The van der Waals surface area contributed by atoms with E-state index in [1.165, 1.54) is 0 Å². The number of amides is 7. The maximum Gasteiger partial charge on any atom is 0.243 e. The third kappa shape index (κ3) is 10.8. The van der Waals surface area contributed by atoms with Crippen molar-refractivity contribution in [2.24, 2.45) is 23.5 Å². The van der Waals surface area contributed by atoms with Gasteiger partial charge in [0.2, 0.25) is 41.4 Å². The first-order valence-corrected chi connectivity index (χ1v) is 16.7. The number of aromatic amines is 1. The summed E-state index contributed by atoms with van der Waals surface area (Å²) in [4.78, 5) is 96.2. The molecular formula is C34H50N8O7. The average molecular weight is 683 g/mol. The summed E-state index contributed by atoms with van der Waals surface area (Å²) in [6, 6.07) is 1.51. The number of aromatic nitrogens is 1. The molecule has 0 saturated carbocycles. The number of carbonyl (C=O) groups excluding carboxylic acids is 7. The maximum absolute atomic E-state index is 13.9. The molecule has 3 rings (SSSR count). The zero-order valence-corrected chi connectivity index (χ0v) is 29.0. The second-order valence-electron chi connectivity index (χ2n) is 13.4. The Kier molecular flexibility index (Phi) is 13.7. The normalized spacial score (nSPS) is 24.2. The molecule has 268 valence electrons. The van der Waals surface area contributed by atoms with Gasteiger partial charge in [-0.15, -0.1) is 0 Å². The van der Waals surface area contributed by atoms with Crippen LogP contribution in [0.25, 0.3) is 10.9 Å². The second-order valence-corrected chi connectivity index (χ2v) is 13.4. The highest BCUT2D eigenvalue weighted by Gasteiger charge is 2.36. The highest BCUT2D eigenvalue weighted by Crippen LogP contribution is 2.20. The predicted molar refractivity (Wildman–Crippen MR) is 182 cm³/mol. The zero-order chi connectivity index (χ0) is 36.4. The number of para-hydroxylation sites is 1. The number of benzene rings is 1. The molecule has 9 N–H and O–H groups in total. The van der Waals surface area contributed by atoms with Crippen LogP contribution in [-0.4, -0.2) is 83.1 Å². The van der Waals surface area contributed by atoms with Gasteiger partial charge in [0.05, 0.1) is 13.0 Å². The van der Waals surface area contributed by atoms with Crippen molar-refractivity contribution >= 4 is 52.3 Å². The maximum atomic E-state index is 13.9. The lowest BCUT2D eigenvalue weighted by molar-refractivity contribution is -0.137. The molecule has 1 aliphatic heterocycles. The van der Waals surface area contributed by atoms with Crippen molar-refractivity contribution in [1.29, 1.82) is 0 Å². The van der Waals surface area contributed by atoms with E-state index in [9.17, 15) is 33.6 Å². The topological polar surface area (TPSA) is 233 Å². The van der Waals surface area contributed by atoms with Gasteiger partial charge in [0.25, 0.3) is 0 Å². The SMILES string of the molecule is CCC(C)[C@@H]1NC(=O)[C@@H](C(C)C)NC(=O)[C@H](CC(C)C)NC(=O)[C@H](Cc2c[nH]c3ccccc23)NC(=O)CNC(=O)[C@H](CC(N)=O)NC1=O. The first-order chi connectivity index (χ1) is 23.1. The highest BCUT2D eigenvalue weighted by atomic mass is 16.2. The van der Waals surface area contributed by atoms with Crippen LogP contribution in [0, 0.1) is 17.8 Å². The first-order valence-electron chi connectivity index (χ1n) is 16.7. The zero-order valence-electron chi connectivity index (χ0n) is 29.0. The van der Waals surface area contributed by atoms with Crippen LogP contribution in [0.15, 0.2) is 30.5 Å². The number of primary amides is 1. The molecule has 6 atom stereocenters. The smallest absolute Gasteiger partial charge is 0.243 e. The van der Waals surface area contributed by atoms with E-state index in [2.05, 4.69) is 36.9 Å². The molecule has 1 aromatic heterocycles. The van der Waals surface area contributed by atoms with Crippen molar-refractivity contribution < 1.29 is 33.6 Å². The van der Waals surface area contributed by atoms with Gasteiger partial charge in [-0.05, 0) is 35.8 Å².